The molecule has 0 saturated carbocycles. The summed E-state index contributed by atoms with van der Waals surface area (Å²) in [5.41, 5.74) is 0. The summed E-state index contributed by atoms with van der Waals surface area (Å²) in [6.07, 6.45) is 7.18. The van der Waals surface area contributed by atoms with E-state index in [-0.39, 0.29) is 11.8 Å². The normalized spacial score (nSPS) is 11.9. The summed E-state index contributed by atoms with van der Waals surface area (Å²) in [5, 5.41) is 5.40. The molecule has 0 aromatic carbocycles. The summed E-state index contributed by atoms with van der Waals surface area (Å²) < 4.78 is 0. The number of thiol groups is 1. The van der Waals surface area contributed by atoms with Gasteiger partial charge in [-0.15, -0.1) is 0 Å². The van der Waals surface area contributed by atoms with E-state index in [1.54, 1.807) is 0 Å². The molecule has 0 spiro atoms. The molecule has 0 rings (SSSR count). The van der Waals surface area contributed by atoms with Crippen LogP contribution in [0.3, 0.4) is 0 Å². The molecule has 0 radical (unpaired) electrons. The number of rotatable bonds is 10. The monoisotopic (exact) mass is 274 g/mol. The van der Waals surface area contributed by atoms with Gasteiger partial charge in [0.25, 0.3) is 0 Å². The summed E-state index contributed by atoms with van der Waals surface area (Å²) in [4.78, 5) is 22.5. The van der Waals surface area contributed by atoms with Gasteiger partial charge in [0.15, 0.2) is 0 Å². The average molecular weight is 274 g/mol. The summed E-state index contributed by atoms with van der Waals surface area (Å²) >= 11 is 4.06. The number of unbranched alkanes of at least 4 members (excludes halogenated alkanes) is 5. The number of amides is 2. The lowest BCUT2D eigenvalue weighted by atomic mass is 10.1. The topological polar surface area (TPSA) is 58.2 Å². The highest BCUT2D eigenvalue weighted by molar-refractivity contribution is 7.80. The maximum Gasteiger partial charge on any atom is 0.243 e. The van der Waals surface area contributed by atoms with Gasteiger partial charge in [-0.3, -0.25) is 9.59 Å². The van der Waals surface area contributed by atoms with Crippen LogP contribution in [0.1, 0.15) is 52.4 Å². The van der Waals surface area contributed by atoms with Gasteiger partial charge in [-0.1, -0.05) is 39.0 Å². The summed E-state index contributed by atoms with van der Waals surface area (Å²) in [6, 6.07) is -0.522. The lowest BCUT2D eigenvalue weighted by Crippen LogP contribution is -2.47. The van der Waals surface area contributed by atoms with Crippen molar-refractivity contribution in [2.45, 2.75) is 58.4 Å². The summed E-state index contributed by atoms with van der Waals surface area (Å²) in [6.45, 7) is 4.27. The number of hydrogen-bond donors (Lipinski definition) is 3. The number of carbonyl (C=O) groups is 2. The second-order valence-corrected chi connectivity index (χ2v) is 4.86. The van der Waals surface area contributed by atoms with E-state index < -0.39 is 6.04 Å². The van der Waals surface area contributed by atoms with Crippen molar-refractivity contribution in [1.29, 1.82) is 0 Å². The first kappa shape index (κ1) is 17.3. The van der Waals surface area contributed by atoms with Crippen LogP contribution in [-0.4, -0.2) is 30.2 Å². The van der Waals surface area contributed by atoms with Gasteiger partial charge in [0.2, 0.25) is 11.8 Å². The van der Waals surface area contributed by atoms with E-state index in [1.807, 2.05) is 0 Å². The van der Waals surface area contributed by atoms with E-state index in [1.165, 1.54) is 32.6 Å². The van der Waals surface area contributed by atoms with Crippen LogP contribution in [0.4, 0.5) is 0 Å². The first-order chi connectivity index (χ1) is 8.61. The zero-order valence-electron chi connectivity index (χ0n) is 11.5. The zero-order valence-corrected chi connectivity index (χ0v) is 12.4. The van der Waals surface area contributed by atoms with Crippen LogP contribution in [0.2, 0.25) is 0 Å². The van der Waals surface area contributed by atoms with Crippen LogP contribution < -0.4 is 10.6 Å². The van der Waals surface area contributed by atoms with Gasteiger partial charge in [0.05, 0.1) is 0 Å². The molecule has 0 aromatic heterocycles. The molecule has 5 heteroatoms. The summed E-state index contributed by atoms with van der Waals surface area (Å²) in [7, 11) is 0. The van der Waals surface area contributed by atoms with Gasteiger partial charge in [-0.2, -0.15) is 12.6 Å². The quantitative estimate of drug-likeness (QED) is 0.421. The third-order valence-corrected chi connectivity index (χ3v) is 3.07. The standard InChI is InChI=1S/C13H26N2O2S/c1-3-4-5-6-7-8-9-14-13(17)12(10-18)15-11(2)16/h12,18H,3-10H2,1-2H3,(H,14,17)(H,15,16)/t12-/m0/s1. The molecule has 0 unspecified atom stereocenters. The minimum atomic E-state index is -0.522. The zero-order chi connectivity index (χ0) is 13.8. The second-order valence-electron chi connectivity index (χ2n) is 4.49. The highest BCUT2D eigenvalue weighted by Gasteiger charge is 2.16. The minimum absolute atomic E-state index is 0.145. The molecule has 106 valence electrons. The van der Waals surface area contributed by atoms with Crippen molar-refractivity contribution in [2.75, 3.05) is 12.3 Å². The molecule has 0 bridgehead atoms. The van der Waals surface area contributed by atoms with Crippen LogP contribution in [-0.2, 0) is 9.59 Å². The molecular weight excluding hydrogens is 248 g/mol. The average Bonchev–Trinajstić information content (AvgIpc) is 2.34. The molecule has 0 heterocycles. The van der Waals surface area contributed by atoms with Crippen molar-refractivity contribution in [2.24, 2.45) is 0 Å². The first-order valence-corrected chi connectivity index (χ1v) is 7.40. The molecule has 4 nitrogen and oxygen atoms in total. The Hall–Kier alpha value is -0.710. The predicted octanol–water partition coefficient (Wildman–Crippen LogP) is 1.90. The van der Waals surface area contributed by atoms with Crippen LogP contribution in [0.15, 0.2) is 0 Å². The molecule has 0 aliphatic carbocycles. The predicted molar refractivity (Wildman–Crippen MR) is 77.8 cm³/mol. The fraction of sp³-hybridized carbons (Fsp3) is 0.846. The summed E-state index contributed by atoms with van der Waals surface area (Å²) in [5.74, 6) is -0.0282. The Labute approximate surface area is 116 Å². The Bertz CT molecular complexity index is 247. The number of carbonyl (C=O) groups excluding carboxylic acids is 2. The molecule has 2 N–H and O–H groups in total. The second kappa shape index (κ2) is 11.4. The smallest absolute Gasteiger partial charge is 0.243 e. The Balaban J connectivity index is 3.59. The minimum Gasteiger partial charge on any atom is -0.354 e. The number of nitrogens with one attached hydrogen (secondary N) is 2. The van der Waals surface area contributed by atoms with E-state index in [4.69, 9.17) is 0 Å². The van der Waals surface area contributed by atoms with Gasteiger partial charge < -0.3 is 10.6 Å². The van der Waals surface area contributed by atoms with Crippen LogP contribution in [0.5, 0.6) is 0 Å². The lowest BCUT2D eigenvalue weighted by Gasteiger charge is -2.15. The Morgan fingerprint density at radius 2 is 1.72 bits per heavy atom. The van der Waals surface area contributed by atoms with E-state index >= 15 is 0 Å². The Kier molecular flexibility index (Phi) is 10.9. The van der Waals surface area contributed by atoms with Crippen molar-refractivity contribution in [3.63, 3.8) is 0 Å². The molecule has 0 aromatic rings. The molecular formula is C13H26N2O2S. The van der Waals surface area contributed by atoms with Crippen LogP contribution >= 0.6 is 12.6 Å². The molecule has 1 atom stereocenters. The Morgan fingerprint density at radius 3 is 2.28 bits per heavy atom. The third kappa shape index (κ3) is 9.33. The van der Waals surface area contributed by atoms with Crippen molar-refractivity contribution in [3.05, 3.63) is 0 Å². The molecule has 0 aliphatic rings. The molecule has 18 heavy (non-hydrogen) atoms. The Morgan fingerprint density at radius 1 is 1.11 bits per heavy atom. The first-order valence-electron chi connectivity index (χ1n) is 6.77. The fourth-order valence-corrected chi connectivity index (χ4v) is 1.94. The maximum absolute atomic E-state index is 11.7. The van der Waals surface area contributed by atoms with E-state index in [0.29, 0.717) is 12.3 Å². The lowest BCUT2D eigenvalue weighted by molar-refractivity contribution is -0.127. The SMILES string of the molecule is CCCCCCCCNC(=O)[C@H](CS)NC(C)=O. The fourth-order valence-electron chi connectivity index (χ4n) is 1.68. The molecule has 0 fully saturated rings. The number of hydrogen-bond acceptors (Lipinski definition) is 3. The van der Waals surface area contributed by atoms with Crippen molar-refractivity contribution in [3.8, 4) is 0 Å². The highest BCUT2D eigenvalue weighted by Crippen LogP contribution is 2.04. The van der Waals surface area contributed by atoms with Gasteiger partial charge in [-0.25, -0.2) is 0 Å². The largest absolute Gasteiger partial charge is 0.354 e. The van der Waals surface area contributed by atoms with Crippen LogP contribution in [0, 0.1) is 0 Å². The molecule has 0 saturated heterocycles. The third-order valence-electron chi connectivity index (χ3n) is 2.71. The van der Waals surface area contributed by atoms with E-state index in [0.717, 1.165) is 12.8 Å². The van der Waals surface area contributed by atoms with Crippen LogP contribution in [0.25, 0.3) is 0 Å². The van der Waals surface area contributed by atoms with Crippen molar-refractivity contribution >= 4 is 24.4 Å². The van der Waals surface area contributed by atoms with Gasteiger partial charge in [0.1, 0.15) is 6.04 Å². The van der Waals surface area contributed by atoms with E-state index in [2.05, 4.69) is 30.2 Å². The van der Waals surface area contributed by atoms with Gasteiger partial charge in [0, 0.05) is 19.2 Å². The van der Waals surface area contributed by atoms with Crippen molar-refractivity contribution in [1.82, 2.24) is 10.6 Å². The van der Waals surface area contributed by atoms with Gasteiger partial charge in [-0.05, 0) is 6.42 Å². The molecule has 0 aliphatic heterocycles. The van der Waals surface area contributed by atoms with Crippen molar-refractivity contribution < 1.29 is 9.59 Å². The molecule has 2 amide bonds. The highest BCUT2D eigenvalue weighted by atomic mass is 32.1. The van der Waals surface area contributed by atoms with Gasteiger partial charge >= 0.3 is 0 Å². The maximum atomic E-state index is 11.7. The van der Waals surface area contributed by atoms with E-state index in [9.17, 15) is 9.59 Å².